The maximum absolute atomic E-state index is 14.3. The van der Waals surface area contributed by atoms with Gasteiger partial charge in [-0.2, -0.15) is 5.06 Å². The molecule has 5 heteroatoms. The van der Waals surface area contributed by atoms with Crippen LogP contribution in [0.15, 0.2) is 60.7 Å². The molecule has 2 aromatic carbocycles. The van der Waals surface area contributed by atoms with Crippen molar-refractivity contribution in [2.75, 3.05) is 7.11 Å². The van der Waals surface area contributed by atoms with Gasteiger partial charge in [0.05, 0.1) is 7.11 Å². The second kappa shape index (κ2) is 7.52. The first-order valence-electron chi connectivity index (χ1n) is 9.53. The van der Waals surface area contributed by atoms with Gasteiger partial charge < -0.3 is 4.84 Å². The molecule has 1 aliphatic heterocycles. The number of nitrogens with one attached hydrogen (secondary N) is 1. The summed E-state index contributed by atoms with van der Waals surface area (Å²) in [4.78, 5) is 5.71. The van der Waals surface area contributed by atoms with Crippen LogP contribution in [0.25, 0.3) is 0 Å². The van der Waals surface area contributed by atoms with Crippen molar-refractivity contribution in [3.8, 4) is 0 Å². The molecular formula is C22H31N2O2P. The highest BCUT2D eigenvalue weighted by Crippen LogP contribution is 2.45. The van der Waals surface area contributed by atoms with Gasteiger partial charge >= 0.3 is 0 Å². The fraction of sp³-hybridized carbons (Fsp3) is 0.455. The Bertz CT molecular complexity index is 744. The van der Waals surface area contributed by atoms with E-state index in [2.05, 4.69) is 37.8 Å². The van der Waals surface area contributed by atoms with E-state index >= 15 is 0 Å². The van der Waals surface area contributed by atoms with Crippen LogP contribution in [-0.4, -0.2) is 29.3 Å². The maximum atomic E-state index is 14.3. The fourth-order valence-corrected chi connectivity index (χ4v) is 7.16. The van der Waals surface area contributed by atoms with Crippen LogP contribution < -0.4 is 15.7 Å². The third kappa shape index (κ3) is 4.05. The molecule has 0 atom stereocenters. The normalized spacial score (nSPS) is 20.5. The zero-order chi connectivity index (χ0) is 19.7. The summed E-state index contributed by atoms with van der Waals surface area (Å²) in [7, 11) is -1.21. The Kier molecular flexibility index (Phi) is 5.65. The minimum Gasteiger partial charge on any atom is -0.301 e. The molecule has 27 heavy (non-hydrogen) atoms. The van der Waals surface area contributed by atoms with Crippen molar-refractivity contribution in [1.29, 1.82) is 0 Å². The Balaban J connectivity index is 1.98. The lowest BCUT2D eigenvalue weighted by Crippen LogP contribution is -2.63. The second-order valence-corrected chi connectivity index (χ2v) is 11.1. The highest BCUT2D eigenvalue weighted by molar-refractivity contribution is 7.76. The van der Waals surface area contributed by atoms with Crippen LogP contribution in [0.4, 0.5) is 0 Å². The van der Waals surface area contributed by atoms with E-state index in [1.54, 1.807) is 7.11 Å². The van der Waals surface area contributed by atoms with E-state index in [9.17, 15) is 4.57 Å². The van der Waals surface area contributed by atoms with Crippen molar-refractivity contribution in [1.82, 2.24) is 10.2 Å². The van der Waals surface area contributed by atoms with Gasteiger partial charge in [0.15, 0.2) is 0 Å². The molecule has 146 valence electrons. The van der Waals surface area contributed by atoms with E-state index in [0.717, 1.165) is 23.5 Å². The number of hydrogen-bond donors (Lipinski definition) is 1. The SMILES string of the molecule is CON1C(C)(C)CC(NP(=O)(c2ccccc2)c2ccccc2)CC1(C)C. The van der Waals surface area contributed by atoms with E-state index in [1.807, 2.05) is 60.7 Å². The van der Waals surface area contributed by atoms with Crippen molar-refractivity contribution >= 4 is 17.9 Å². The quantitative estimate of drug-likeness (QED) is 0.786. The highest BCUT2D eigenvalue weighted by atomic mass is 31.2. The number of rotatable bonds is 5. The Hall–Kier alpha value is -1.45. The average molecular weight is 386 g/mol. The van der Waals surface area contributed by atoms with E-state index in [4.69, 9.17) is 4.84 Å². The molecule has 0 amide bonds. The van der Waals surface area contributed by atoms with Crippen LogP contribution in [0.5, 0.6) is 0 Å². The molecule has 1 aliphatic rings. The van der Waals surface area contributed by atoms with Crippen molar-refractivity contribution in [2.45, 2.75) is 57.7 Å². The molecule has 0 aromatic heterocycles. The lowest BCUT2D eigenvalue weighted by atomic mass is 9.79. The molecule has 0 spiro atoms. The van der Waals surface area contributed by atoms with Crippen molar-refractivity contribution in [3.05, 3.63) is 60.7 Å². The molecule has 0 saturated carbocycles. The first-order chi connectivity index (χ1) is 12.7. The molecule has 0 aliphatic carbocycles. The van der Waals surface area contributed by atoms with Gasteiger partial charge in [-0.1, -0.05) is 36.4 Å². The fourth-order valence-electron chi connectivity index (χ4n) is 4.68. The number of benzene rings is 2. The third-order valence-electron chi connectivity index (χ3n) is 5.38. The van der Waals surface area contributed by atoms with E-state index in [1.165, 1.54) is 0 Å². The number of hydrogen-bond acceptors (Lipinski definition) is 3. The summed E-state index contributed by atoms with van der Waals surface area (Å²) < 4.78 is 14.3. The number of nitrogens with zero attached hydrogens (tertiary/aromatic N) is 1. The van der Waals surface area contributed by atoms with E-state index < -0.39 is 7.29 Å². The Morgan fingerprint density at radius 1 is 0.889 bits per heavy atom. The van der Waals surface area contributed by atoms with Crippen molar-refractivity contribution in [2.24, 2.45) is 0 Å². The van der Waals surface area contributed by atoms with Gasteiger partial charge in [-0.15, -0.1) is 0 Å². The molecule has 3 rings (SSSR count). The zero-order valence-corrected chi connectivity index (χ0v) is 17.9. The molecular weight excluding hydrogens is 355 g/mol. The van der Waals surface area contributed by atoms with Crippen molar-refractivity contribution in [3.63, 3.8) is 0 Å². The predicted octanol–water partition coefficient (Wildman–Crippen LogP) is 4.09. The Morgan fingerprint density at radius 3 is 1.67 bits per heavy atom. The number of piperidine rings is 1. The predicted molar refractivity (Wildman–Crippen MR) is 113 cm³/mol. The second-order valence-electron chi connectivity index (χ2n) is 8.62. The minimum absolute atomic E-state index is 0.118. The van der Waals surface area contributed by atoms with Gasteiger partial charge in [-0.3, -0.25) is 9.65 Å². The van der Waals surface area contributed by atoms with Crippen LogP contribution in [0.1, 0.15) is 40.5 Å². The lowest BCUT2D eigenvalue weighted by molar-refractivity contribution is -0.266. The summed E-state index contributed by atoms with van der Waals surface area (Å²) in [5, 5.41) is 7.37. The van der Waals surface area contributed by atoms with Gasteiger partial charge in [0.25, 0.3) is 0 Å². The zero-order valence-electron chi connectivity index (χ0n) is 17.0. The van der Waals surface area contributed by atoms with Gasteiger partial charge in [0.2, 0.25) is 7.29 Å². The number of hydroxylamine groups is 2. The monoisotopic (exact) mass is 386 g/mol. The van der Waals surface area contributed by atoms with Gasteiger partial charge in [0, 0.05) is 27.7 Å². The van der Waals surface area contributed by atoms with E-state index in [0.29, 0.717) is 0 Å². The standard InChI is InChI=1S/C22H31N2O2P/c1-21(2)16-18(17-22(3,4)24(21)26-5)23-27(25,19-12-8-6-9-13-19)20-14-10-7-11-15-20/h6-15,18H,16-17H2,1-5H3,(H,23,25). The average Bonchev–Trinajstić information content (AvgIpc) is 2.61. The summed E-state index contributed by atoms with van der Waals surface area (Å²) in [6.07, 6.45) is 1.71. The van der Waals surface area contributed by atoms with Crippen LogP contribution in [0.3, 0.4) is 0 Å². The van der Waals surface area contributed by atoms with Crippen LogP contribution >= 0.6 is 7.29 Å². The van der Waals surface area contributed by atoms with Gasteiger partial charge in [-0.05, 0) is 64.8 Å². The third-order valence-corrected chi connectivity index (χ3v) is 8.16. The van der Waals surface area contributed by atoms with Gasteiger partial charge in [-0.25, -0.2) is 0 Å². The molecule has 1 N–H and O–H groups in total. The first-order valence-corrected chi connectivity index (χ1v) is 11.2. The highest BCUT2D eigenvalue weighted by Gasteiger charge is 2.47. The molecule has 1 fully saturated rings. The smallest absolute Gasteiger partial charge is 0.204 e. The summed E-state index contributed by atoms with van der Waals surface area (Å²) in [5.74, 6) is 0. The van der Waals surface area contributed by atoms with E-state index in [-0.39, 0.29) is 17.1 Å². The van der Waals surface area contributed by atoms with Crippen LogP contribution in [0, 0.1) is 0 Å². The maximum Gasteiger partial charge on any atom is 0.204 e. The Labute approximate surface area is 163 Å². The minimum atomic E-state index is -2.94. The molecule has 0 unspecified atom stereocenters. The molecule has 2 aromatic rings. The topological polar surface area (TPSA) is 41.6 Å². The summed E-state index contributed by atoms with van der Waals surface area (Å²) in [6.45, 7) is 8.73. The van der Waals surface area contributed by atoms with Gasteiger partial charge in [0.1, 0.15) is 0 Å². The summed E-state index contributed by atoms with van der Waals surface area (Å²) >= 11 is 0. The first kappa shape index (κ1) is 20.3. The summed E-state index contributed by atoms with van der Waals surface area (Å²) in [5.41, 5.74) is -0.321. The summed E-state index contributed by atoms with van der Waals surface area (Å²) in [6, 6.07) is 19.7. The lowest BCUT2D eigenvalue weighted by Gasteiger charge is -2.53. The molecule has 4 nitrogen and oxygen atoms in total. The largest absolute Gasteiger partial charge is 0.301 e. The van der Waals surface area contributed by atoms with Crippen molar-refractivity contribution < 1.29 is 9.40 Å². The van der Waals surface area contributed by atoms with Crippen LogP contribution in [-0.2, 0) is 9.40 Å². The molecule has 0 radical (unpaired) electrons. The van der Waals surface area contributed by atoms with Crippen LogP contribution in [0.2, 0.25) is 0 Å². The Morgan fingerprint density at radius 2 is 1.30 bits per heavy atom. The molecule has 0 bridgehead atoms. The molecule has 1 heterocycles. The molecule has 1 saturated heterocycles.